The van der Waals surface area contributed by atoms with Gasteiger partial charge in [0.1, 0.15) is 0 Å². The Morgan fingerprint density at radius 1 is 1.03 bits per heavy atom. The fourth-order valence-corrected chi connectivity index (χ4v) is 5.17. The lowest BCUT2D eigenvalue weighted by molar-refractivity contribution is -0.135. The topological polar surface area (TPSA) is 60.0 Å². The fraction of sp³-hybridized carbons (Fsp3) is 0.913. The normalized spacial score (nSPS) is 27.2. The summed E-state index contributed by atoms with van der Waals surface area (Å²) in [6.45, 7) is 11.6. The maximum atomic E-state index is 12.8. The summed E-state index contributed by atoms with van der Waals surface area (Å²) in [5.41, 5.74) is 0. The third-order valence-electron chi connectivity index (χ3n) is 6.78. The van der Waals surface area contributed by atoms with Crippen molar-refractivity contribution >= 4 is 11.9 Å². The van der Waals surface area contributed by atoms with Crippen molar-refractivity contribution in [3.8, 4) is 0 Å². The van der Waals surface area contributed by atoms with Gasteiger partial charge in [0.15, 0.2) is 5.96 Å². The summed E-state index contributed by atoms with van der Waals surface area (Å²) in [5, 5.41) is 6.97. The van der Waals surface area contributed by atoms with E-state index in [-0.39, 0.29) is 5.92 Å². The highest BCUT2D eigenvalue weighted by molar-refractivity contribution is 5.81. The van der Waals surface area contributed by atoms with Crippen molar-refractivity contribution in [3.63, 3.8) is 0 Å². The van der Waals surface area contributed by atoms with Crippen molar-refractivity contribution in [1.82, 2.24) is 20.4 Å². The van der Waals surface area contributed by atoms with Gasteiger partial charge in [-0.15, -0.1) is 0 Å². The highest BCUT2D eigenvalue weighted by atomic mass is 16.2. The lowest BCUT2D eigenvalue weighted by Crippen LogP contribution is -2.45. The molecule has 1 amide bonds. The minimum absolute atomic E-state index is 0.280. The van der Waals surface area contributed by atoms with Crippen LogP contribution in [-0.2, 0) is 4.79 Å². The number of hydrogen-bond acceptors (Lipinski definition) is 3. The van der Waals surface area contributed by atoms with Gasteiger partial charge in [0.25, 0.3) is 0 Å². The van der Waals surface area contributed by atoms with E-state index in [0.717, 1.165) is 70.3 Å². The van der Waals surface area contributed by atoms with Crippen LogP contribution in [0.3, 0.4) is 0 Å². The summed E-state index contributed by atoms with van der Waals surface area (Å²) in [6, 6.07) is 0.322. The lowest BCUT2D eigenvalue weighted by atomic mass is 9.88. The van der Waals surface area contributed by atoms with E-state index in [2.05, 4.69) is 34.3 Å². The number of carbonyl (C=O) groups excluding carboxylic acids is 1. The van der Waals surface area contributed by atoms with Crippen LogP contribution in [0.1, 0.15) is 71.6 Å². The Kier molecular flexibility index (Phi) is 9.09. The summed E-state index contributed by atoms with van der Waals surface area (Å²) >= 11 is 0. The van der Waals surface area contributed by atoms with Crippen LogP contribution in [0.15, 0.2) is 4.99 Å². The second-order valence-electron chi connectivity index (χ2n) is 9.41. The van der Waals surface area contributed by atoms with Gasteiger partial charge in [-0.05, 0) is 64.5 Å². The summed E-state index contributed by atoms with van der Waals surface area (Å²) in [4.78, 5) is 22.3. The molecule has 1 saturated carbocycles. The summed E-state index contributed by atoms with van der Waals surface area (Å²) < 4.78 is 0. The van der Waals surface area contributed by atoms with Crippen molar-refractivity contribution in [1.29, 1.82) is 0 Å². The van der Waals surface area contributed by atoms with E-state index in [4.69, 9.17) is 4.99 Å². The quantitative estimate of drug-likeness (QED) is 0.388. The summed E-state index contributed by atoms with van der Waals surface area (Å²) in [5.74, 6) is 2.43. The molecule has 0 aromatic carbocycles. The maximum Gasteiger partial charge on any atom is 0.225 e. The Balaban J connectivity index is 1.40. The van der Waals surface area contributed by atoms with E-state index < -0.39 is 0 Å². The predicted octanol–water partition coefficient (Wildman–Crippen LogP) is 2.84. The number of guanidine groups is 1. The number of piperidine rings is 1. The first-order valence-electron chi connectivity index (χ1n) is 12.2. The third kappa shape index (κ3) is 7.16. The summed E-state index contributed by atoms with van der Waals surface area (Å²) in [6.07, 6.45) is 10.8. The zero-order valence-electron chi connectivity index (χ0n) is 18.8. The molecule has 1 aliphatic carbocycles. The second kappa shape index (κ2) is 11.8. The number of aliphatic imine (C=N–C) groups is 1. The molecule has 2 N–H and O–H groups in total. The molecule has 6 nitrogen and oxygen atoms in total. The molecule has 6 heteroatoms. The molecule has 3 fully saturated rings. The minimum Gasteiger partial charge on any atom is -0.357 e. The molecule has 2 unspecified atom stereocenters. The minimum atomic E-state index is 0.280. The molecule has 166 valence electrons. The second-order valence-corrected chi connectivity index (χ2v) is 9.41. The van der Waals surface area contributed by atoms with Crippen LogP contribution < -0.4 is 10.6 Å². The predicted molar refractivity (Wildman–Crippen MR) is 120 cm³/mol. The van der Waals surface area contributed by atoms with Crippen LogP contribution in [0.25, 0.3) is 0 Å². The van der Waals surface area contributed by atoms with E-state index in [1.54, 1.807) is 0 Å². The van der Waals surface area contributed by atoms with E-state index in [0.29, 0.717) is 11.9 Å². The smallest absolute Gasteiger partial charge is 0.225 e. The van der Waals surface area contributed by atoms with Crippen LogP contribution >= 0.6 is 0 Å². The van der Waals surface area contributed by atoms with Gasteiger partial charge in [0.05, 0.1) is 0 Å². The first-order valence-corrected chi connectivity index (χ1v) is 12.2. The number of carbonyl (C=O) groups is 1. The molecule has 0 aromatic heterocycles. The molecular weight excluding hydrogens is 362 g/mol. The zero-order chi connectivity index (χ0) is 20.5. The number of rotatable bonds is 7. The molecule has 2 atom stereocenters. The first-order chi connectivity index (χ1) is 14.2. The standard InChI is InChI=1S/C23H43N5O/c1-3-24-23(25-13-8-15-27-14-7-9-19(2)17-27)26-21-12-16-28(18-21)22(29)20-10-5-4-6-11-20/h19-21H,3-18H2,1-2H3,(H2,24,25,26). The number of hydrogen-bond donors (Lipinski definition) is 2. The Hall–Kier alpha value is -1.30. The molecule has 0 bridgehead atoms. The van der Waals surface area contributed by atoms with E-state index >= 15 is 0 Å². The van der Waals surface area contributed by atoms with Crippen LogP contribution in [0, 0.1) is 11.8 Å². The third-order valence-corrected chi connectivity index (χ3v) is 6.78. The molecule has 2 aliphatic heterocycles. The van der Waals surface area contributed by atoms with E-state index in [9.17, 15) is 4.79 Å². The van der Waals surface area contributed by atoms with Gasteiger partial charge >= 0.3 is 0 Å². The van der Waals surface area contributed by atoms with Crippen LogP contribution in [-0.4, -0.2) is 73.5 Å². The molecule has 3 aliphatic rings. The average molecular weight is 406 g/mol. The van der Waals surface area contributed by atoms with Crippen LogP contribution in [0.5, 0.6) is 0 Å². The Bertz CT molecular complexity index is 531. The Morgan fingerprint density at radius 3 is 2.62 bits per heavy atom. The van der Waals surface area contributed by atoms with Gasteiger partial charge in [-0.2, -0.15) is 0 Å². The van der Waals surface area contributed by atoms with Gasteiger partial charge in [-0.25, -0.2) is 0 Å². The van der Waals surface area contributed by atoms with Gasteiger partial charge in [-0.3, -0.25) is 9.79 Å². The molecule has 0 spiro atoms. The number of likely N-dealkylation sites (tertiary alicyclic amines) is 2. The van der Waals surface area contributed by atoms with Gasteiger partial charge < -0.3 is 20.4 Å². The van der Waals surface area contributed by atoms with E-state index in [1.165, 1.54) is 45.2 Å². The Labute approximate surface area is 177 Å². The molecule has 0 aromatic rings. The van der Waals surface area contributed by atoms with Gasteiger partial charge in [0, 0.05) is 44.7 Å². The fourth-order valence-electron chi connectivity index (χ4n) is 5.17. The van der Waals surface area contributed by atoms with Crippen molar-refractivity contribution < 1.29 is 4.79 Å². The van der Waals surface area contributed by atoms with Crippen molar-refractivity contribution in [3.05, 3.63) is 0 Å². The van der Waals surface area contributed by atoms with Crippen LogP contribution in [0.4, 0.5) is 0 Å². The van der Waals surface area contributed by atoms with Crippen molar-refractivity contribution in [2.75, 3.05) is 45.8 Å². The SMILES string of the molecule is CCNC(=NCCCN1CCCC(C)C1)NC1CCN(C(=O)C2CCCCC2)C1. The molecule has 29 heavy (non-hydrogen) atoms. The number of nitrogens with zero attached hydrogens (tertiary/aromatic N) is 3. The van der Waals surface area contributed by atoms with Crippen molar-refractivity contribution in [2.24, 2.45) is 16.8 Å². The molecule has 2 saturated heterocycles. The molecule has 3 rings (SSSR count). The number of amides is 1. The van der Waals surface area contributed by atoms with E-state index in [1.807, 2.05) is 0 Å². The van der Waals surface area contributed by atoms with Crippen LogP contribution in [0.2, 0.25) is 0 Å². The lowest BCUT2D eigenvalue weighted by Gasteiger charge is -2.30. The monoisotopic (exact) mass is 405 g/mol. The summed E-state index contributed by atoms with van der Waals surface area (Å²) in [7, 11) is 0. The number of nitrogens with one attached hydrogen (secondary N) is 2. The Morgan fingerprint density at radius 2 is 1.86 bits per heavy atom. The highest BCUT2D eigenvalue weighted by Crippen LogP contribution is 2.26. The van der Waals surface area contributed by atoms with Gasteiger partial charge in [0.2, 0.25) is 5.91 Å². The average Bonchev–Trinajstić information content (AvgIpc) is 3.20. The van der Waals surface area contributed by atoms with Gasteiger partial charge in [-0.1, -0.05) is 26.2 Å². The highest BCUT2D eigenvalue weighted by Gasteiger charge is 2.31. The largest absolute Gasteiger partial charge is 0.357 e. The van der Waals surface area contributed by atoms with Crippen molar-refractivity contribution in [2.45, 2.75) is 77.7 Å². The molecular formula is C23H43N5O. The molecule has 0 radical (unpaired) electrons. The maximum absolute atomic E-state index is 12.8. The first kappa shape index (κ1) is 22.4. The zero-order valence-corrected chi connectivity index (χ0v) is 18.8. The molecule has 2 heterocycles.